The maximum absolute atomic E-state index is 13.8. The molecule has 1 amide bonds. The lowest BCUT2D eigenvalue weighted by Crippen LogP contribution is -2.35. The van der Waals surface area contributed by atoms with E-state index in [0.717, 1.165) is 35.1 Å². The highest BCUT2D eigenvalue weighted by atomic mass is 32.2. The first-order valence-electron chi connectivity index (χ1n) is 9.06. The molecule has 4 rings (SSSR count). The summed E-state index contributed by atoms with van der Waals surface area (Å²) in [4.78, 5) is 17.5. The van der Waals surface area contributed by atoms with E-state index >= 15 is 0 Å². The molecule has 0 spiro atoms. The minimum atomic E-state index is -3.66. The van der Waals surface area contributed by atoms with Crippen LogP contribution in [0, 0.1) is 18.6 Å². The van der Waals surface area contributed by atoms with Crippen molar-refractivity contribution in [2.75, 3.05) is 11.9 Å². The lowest BCUT2D eigenvalue weighted by Gasteiger charge is -2.25. The Labute approximate surface area is 176 Å². The summed E-state index contributed by atoms with van der Waals surface area (Å²) in [5.74, 6) is -2.38. The van der Waals surface area contributed by atoms with Gasteiger partial charge in [0.25, 0.3) is 5.91 Å². The van der Waals surface area contributed by atoms with E-state index in [4.69, 9.17) is 0 Å². The molecule has 0 bridgehead atoms. The predicted octanol–water partition coefficient (Wildman–Crippen LogP) is 3.73. The van der Waals surface area contributed by atoms with Crippen molar-refractivity contribution in [2.24, 2.45) is 0 Å². The van der Waals surface area contributed by atoms with Gasteiger partial charge in [-0.3, -0.25) is 10.1 Å². The van der Waals surface area contributed by atoms with Crippen molar-refractivity contribution in [3.05, 3.63) is 75.8 Å². The Kier molecular flexibility index (Phi) is 5.39. The molecule has 1 N–H and O–H groups in total. The molecule has 1 aliphatic rings. The molecular formula is C20H17F2N3O3S2. The van der Waals surface area contributed by atoms with Gasteiger partial charge >= 0.3 is 0 Å². The molecule has 156 valence electrons. The van der Waals surface area contributed by atoms with Gasteiger partial charge < -0.3 is 0 Å². The number of carbonyl (C=O) groups excluding carboxylic acids is 1. The largest absolute Gasteiger partial charge is 0.298 e. The molecule has 0 saturated carbocycles. The first kappa shape index (κ1) is 20.6. The SMILES string of the molecule is Cc1ccc(S(=O)(=O)N2CCc3nc(NC(=O)c4cc(F)ccc4F)sc3C2)cc1. The monoisotopic (exact) mass is 449 g/mol. The Balaban J connectivity index is 1.53. The molecule has 3 aromatic rings. The number of hydrogen-bond donors (Lipinski definition) is 1. The quantitative estimate of drug-likeness (QED) is 0.658. The van der Waals surface area contributed by atoms with E-state index in [1.165, 1.54) is 4.31 Å². The molecule has 6 nitrogen and oxygen atoms in total. The lowest BCUT2D eigenvalue weighted by atomic mass is 10.2. The van der Waals surface area contributed by atoms with Crippen LogP contribution in [0.1, 0.15) is 26.5 Å². The molecule has 2 aromatic carbocycles. The molecule has 0 fully saturated rings. The highest BCUT2D eigenvalue weighted by molar-refractivity contribution is 7.89. The zero-order chi connectivity index (χ0) is 21.5. The second kappa shape index (κ2) is 7.86. The summed E-state index contributed by atoms with van der Waals surface area (Å²) in [6, 6.07) is 9.26. The minimum absolute atomic E-state index is 0.132. The van der Waals surface area contributed by atoms with Crippen LogP contribution in [0.5, 0.6) is 0 Å². The maximum Gasteiger partial charge on any atom is 0.260 e. The molecule has 1 aliphatic heterocycles. The van der Waals surface area contributed by atoms with Crippen molar-refractivity contribution in [1.29, 1.82) is 0 Å². The summed E-state index contributed by atoms with van der Waals surface area (Å²) < 4.78 is 54.3. The Bertz CT molecular complexity index is 1220. The van der Waals surface area contributed by atoms with E-state index in [1.54, 1.807) is 24.3 Å². The highest BCUT2D eigenvalue weighted by Crippen LogP contribution is 2.31. The number of aromatic nitrogens is 1. The molecular weight excluding hydrogens is 432 g/mol. The summed E-state index contributed by atoms with van der Waals surface area (Å²) in [6.45, 7) is 2.28. The Morgan fingerprint density at radius 1 is 1.17 bits per heavy atom. The average Bonchev–Trinajstić information content (AvgIpc) is 3.11. The van der Waals surface area contributed by atoms with Crippen LogP contribution in [-0.4, -0.2) is 30.2 Å². The second-order valence-corrected chi connectivity index (χ2v) is 9.89. The third kappa shape index (κ3) is 3.98. The molecule has 30 heavy (non-hydrogen) atoms. The van der Waals surface area contributed by atoms with Gasteiger partial charge in [-0.1, -0.05) is 17.7 Å². The molecule has 0 saturated heterocycles. The highest BCUT2D eigenvalue weighted by Gasteiger charge is 2.30. The maximum atomic E-state index is 13.8. The topological polar surface area (TPSA) is 79.4 Å². The van der Waals surface area contributed by atoms with Gasteiger partial charge in [0, 0.05) is 17.8 Å². The fourth-order valence-electron chi connectivity index (χ4n) is 3.13. The number of thiazole rings is 1. The van der Waals surface area contributed by atoms with Gasteiger partial charge in [0.05, 0.1) is 22.7 Å². The summed E-state index contributed by atoms with van der Waals surface area (Å²) in [7, 11) is -3.66. The average molecular weight is 450 g/mol. The van der Waals surface area contributed by atoms with Gasteiger partial charge in [-0.25, -0.2) is 22.2 Å². The Morgan fingerprint density at radius 2 is 1.90 bits per heavy atom. The first-order chi connectivity index (χ1) is 14.2. The van der Waals surface area contributed by atoms with Crippen LogP contribution in [0.4, 0.5) is 13.9 Å². The molecule has 1 aromatic heterocycles. The van der Waals surface area contributed by atoms with E-state index in [1.807, 2.05) is 6.92 Å². The van der Waals surface area contributed by atoms with Gasteiger partial charge in [-0.05, 0) is 37.3 Å². The van der Waals surface area contributed by atoms with Gasteiger partial charge in [-0.2, -0.15) is 4.31 Å². The van der Waals surface area contributed by atoms with E-state index in [-0.39, 0.29) is 23.1 Å². The number of rotatable bonds is 4. The van der Waals surface area contributed by atoms with Crippen molar-refractivity contribution in [3.63, 3.8) is 0 Å². The fraction of sp³-hybridized carbons (Fsp3) is 0.200. The number of sulfonamides is 1. The molecule has 0 atom stereocenters. The minimum Gasteiger partial charge on any atom is -0.298 e. The van der Waals surface area contributed by atoms with Crippen molar-refractivity contribution in [3.8, 4) is 0 Å². The molecule has 0 unspecified atom stereocenters. The van der Waals surface area contributed by atoms with Crippen molar-refractivity contribution >= 4 is 32.4 Å². The standard InChI is InChI=1S/C20H17F2N3O3S2/c1-12-2-5-14(6-3-12)30(27,28)25-9-8-17-18(11-25)29-20(23-17)24-19(26)15-10-13(21)4-7-16(15)22/h2-7,10H,8-9,11H2,1H3,(H,23,24,26). The normalized spacial score (nSPS) is 14.4. The Hall–Kier alpha value is -2.69. The third-order valence-corrected chi connectivity index (χ3v) is 7.61. The number of anilines is 1. The summed E-state index contributed by atoms with van der Waals surface area (Å²) in [6.07, 6.45) is 0.390. The van der Waals surface area contributed by atoms with E-state index < -0.39 is 33.1 Å². The van der Waals surface area contributed by atoms with Gasteiger partial charge in [0.2, 0.25) is 10.0 Å². The fourth-order valence-corrected chi connectivity index (χ4v) is 5.64. The number of amides is 1. The van der Waals surface area contributed by atoms with Gasteiger partial charge in [0.15, 0.2) is 5.13 Å². The zero-order valence-corrected chi connectivity index (χ0v) is 17.5. The van der Waals surface area contributed by atoms with Crippen LogP contribution >= 0.6 is 11.3 Å². The number of halogens is 2. The zero-order valence-electron chi connectivity index (χ0n) is 15.9. The molecule has 10 heteroatoms. The summed E-state index contributed by atoms with van der Waals surface area (Å²) >= 11 is 1.12. The van der Waals surface area contributed by atoms with Crippen LogP contribution < -0.4 is 5.32 Å². The molecule has 0 radical (unpaired) electrons. The van der Waals surface area contributed by atoms with E-state index in [2.05, 4.69) is 10.3 Å². The summed E-state index contributed by atoms with van der Waals surface area (Å²) in [5, 5.41) is 2.68. The lowest BCUT2D eigenvalue weighted by molar-refractivity contribution is 0.102. The van der Waals surface area contributed by atoms with Gasteiger partial charge in [-0.15, -0.1) is 11.3 Å². The van der Waals surface area contributed by atoms with Crippen LogP contribution in [-0.2, 0) is 23.0 Å². The summed E-state index contributed by atoms with van der Waals surface area (Å²) in [5.41, 5.74) is 1.23. The van der Waals surface area contributed by atoms with Gasteiger partial charge in [0.1, 0.15) is 11.6 Å². The molecule has 2 heterocycles. The van der Waals surface area contributed by atoms with E-state index in [0.29, 0.717) is 17.0 Å². The van der Waals surface area contributed by atoms with Crippen LogP contribution in [0.3, 0.4) is 0 Å². The van der Waals surface area contributed by atoms with Crippen LogP contribution in [0.25, 0.3) is 0 Å². The van der Waals surface area contributed by atoms with Crippen molar-refractivity contribution in [1.82, 2.24) is 9.29 Å². The molecule has 0 aliphatic carbocycles. The van der Waals surface area contributed by atoms with E-state index in [9.17, 15) is 22.0 Å². The third-order valence-electron chi connectivity index (χ3n) is 4.75. The van der Waals surface area contributed by atoms with Crippen molar-refractivity contribution < 1.29 is 22.0 Å². The first-order valence-corrected chi connectivity index (χ1v) is 11.3. The number of nitrogens with one attached hydrogen (secondary N) is 1. The van der Waals surface area contributed by atoms with Crippen LogP contribution in [0.15, 0.2) is 47.4 Å². The van der Waals surface area contributed by atoms with Crippen molar-refractivity contribution in [2.45, 2.75) is 24.8 Å². The van der Waals surface area contributed by atoms with Crippen LogP contribution in [0.2, 0.25) is 0 Å². The number of fused-ring (bicyclic) bond motifs is 1. The second-order valence-electron chi connectivity index (χ2n) is 6.87. The predicted molar refractivity (Wildman–Crippen MR) is 109 cm³/mol. The number of benzene rings is 2. The number of carbonyl (C=O) groups is 1. The Morgan fingerprint density at radius 3 is 2.63 bits per heavy atom. The smallest absolute Gasteiger partial charge is 0.260 e. The number of nitrogens with zero attached hydrogens (tertiary/aromatic N) is 2. The number of hydrogen-bond acceptors (Lipinski definition) is 5. The number of aryl methyl sites for hydroxylation is 1.